The number of rotatable bonds is 9. The van der Waals surface area contributed by atoms with E-state index in [9.17, 15) is 0 Å². The number of benzene rings is 2. The monoisotopic (exact) mass is 328 g/mol. The average Bonchev–Trinajstić information content (AvgIpc) is 2.55. The van der Waals surface area contributed by atoms with Gasteiger partial charge in [0, 0.05) is 0 Å². The summed E-state index contributed by atoms with van der Waals surface area (Å²) < 4.78 is 11.6. The zero-order valence-corrected chi connectivity index (χ0v) is 15.2. The summed E-state index contributed by atoms with van der Waals surface area (Å²) in [6.07, 6.45) is 0. The first-order valence-electron chi connectivity index (χ1n) is 8.19. The molecule has 0 heterocycles. The molecular weight excluding hydrogens is 300 g/mol. The molecule has 0 aromatic heterocycles. The zero-order chi connectivity index (χ0) is 17.4. The van der Waals surface area contributed by atoms with E-state index in [0.29, 0.717) is 26.7 Å². The van der Waals surface area contributed by atoms with Crippen molar-refractivity contribution >= 4 is 0 Å². The highest BCUT2D eigenvalue weighted by Gasteiger charge is 2.09. The van der Waals surface area contributed by atoms with E-state index in [1.165, 1.54) is 22.3 Å². The van der Waals surface area contributed by atoms with Crippen molar-refractivity contribution in [3.05, 3.63) is 59.7 Å². The number of hydrogen-bond acceptors (Lipinski definition) is 4. The van der Waals surface area contributed by atoms with Gasteiger partial charge in [0.25, 0.3) is 0 Å². The molecule has 0 saturated heterocycles. The fraction of sp³-hybridized carbons (Fsp3) is 0.400. The Morgan fingerprint density at radius 1 is 0.625 bits per heavy atom. The van der Waals surface area contributed by atoms with E-state index in [0.717, 1.165) is 0 Å². The molecule has 0 amide bonds. The Hall–Kier alpha value is -1.72. The van der Waals surface area contributed by atoms with Gasteiger partial charge in [-0.3, -0.25) is 9.80 Å². The van der Waals surface area contributed by atoms with Crippen LogP contribution in [0.25, 0.3) is 11.1 Å². The van der Waals surface area contributed by atoms with Crippen molar-refractivity contribution in [3.63, 3.8) is 0 Å². The number of nitrogens with zero attached hydrogens (tertiary/aromatic N) is 2. The Balaban J connectivity index is 2.18. The summed E-state index contributed by atoms with van der Waals surface area (Å²) in [4.78, 5) is 4.04. The van der Waals surface area contributed by atoms with Crippen LogP contribution in [0.15, 0.2) is 48.5 Å². The van der Waals surface area contributed by atoms with Gasteiger partial charge in [-0.25, -0.2) is 0 Å². The second-order valence-electron chi connectivity index (χ2n) is 6.43. The molecule has 130 valence electrons. The van der Waals surface area contributed by atoms with Gasteiger partial charge >= 0.3 is 0 Å². The van der Waals surface area contributed by atoms with Crippen molar-refractivity contribution < 1.29 is 9.47 Å². The highest BCUT2D eigenvalue weighted by atomic mass is 16.5. The summed E-state index contributed by atoms with van der Waals surface area (Å²) in [6, 6.07) is 16.8. The van der Waals surface area contributed by atoms with Crippen molar-refractivity contribution in [2.75, 3.05) is 41.7 Å². The van der Waals surface area contributed by atoms with Crippen LogP contribution in [0.2, 0.25) is 0 Å². The first kappa shape index (κ1) is 18.6. The van der Waals surface area contributed by atoms with Crippen molar-refractivity contribution in [1.82, 2.24) is 9.80 Å². The second kappa shape index (κ2) is 9.55. The van der Waals surface area contributed by atoms with E-state index < -0.39 is 0 Å². The highest BCUT2D eigenvalue weighted by molar-refractivity contribution is 5.70. The van der Waals surface area contributed by atoms with Crippen molar-refractivity contribution in [2.24, 2.45) is 0 Å². The molecule has 0 bridgehead atoms. The Morgan fingerprint density at radius 2 is 1.00 bits per heavy atom. The minimum absolute atomic E-state index is 0.598. The molecule has 0 fully saturated rings. The topological polar surface area (TPSA) is 24.9 Å². The fourth-order valence-electron chi connectivity index (χ4n) is 2.49. The van der Waals surface area contributed by atoms with E-state index in [2.05, 4.69) is 48.5 Å². The van der Waals surface area contributed by atoms with Crippen LogP contribution in [-0.4, -0.2) is 51.5 Å². The lowest BCUT2D eigenvalue weighted by atomic mass is 9.96. The maximum absolute atomic E-state index is 5.78. The van der Waals surface area contributed by atoms with Crippen molar-refractivity contribution in [3.8, 4) is 11.1 Å². The van der Waals surface area contributed by atoms with Gasteiger partial charge in [0.2, 0.25) is 0 Å². The van der Waals surface area contributed by atoms with Gasteiger partial charge in [-0.05, 0) is 50.4 Å². The standard InChI is InChI=1S/C20H28N2O2/c1-21(2)15-23-13-17-9-5-7-11-19(17)20-12-8-6-10-18(20)14-24-16-22(3)4/h5-12H,13-16H2,1-4H3. The van der Waals surface area contributed by atoms with Gasteiger partial charge in [-0.15, -0.1) is 0 Å². The van der Waals surface area contributed by atoms with Crippen LogP contribution >= 0.6 is 0 Å². The maximum Gasteiger partial charge on any atom is 0.0989 e. The predicted molar refractivity (Wildman–Crippen MR) is 98.6 cm³/mol. The summed E-state index contributed by atoms with van der Waals surface area (Å²) in [7, 11) is 8.01. The molecular formula is C20H28N2O2. The van der Waals surface area contributed by atoms with E-state index in [4.69, 9.17) is 9.47 Å². The minimum atomic E-state index is 0.598. The van der Waals surface area contributed by atoms with E-state index >= 15 is 0 Å². The van der Waals surface area contributed by atoms with E-state index in [-0.39, 0.29) is 0 Å². The molecule has 0 N–H and O–H groups in total. The Bertz CT molecular complexity index is 571. The lowest BCUT2D eigenvalue weighted by molar-refractivity contribution is 0.0446. The molecule has 0 saturated carbocycles. The Morgan fingerprint density at radius 3 is 1.38 bits per heavy atom. The third-order valence-electron chi connectivity index (χ3n) is 3.54. The molecule has 2 rings (SSSR count). The van der Waals surface area contributed by atoms with Crippen LogP contribution in [0, 0.1) is 0 Å². The first-order chi connectivity index (χ1) is 11.6. The molecule has 0 spiro atoms. The maximum atomic E-state index is 5.78. The average molecular weight is 328 g/mol. The normalized spacial score (nSPS) is 11.4. The summed E-state index contributed by atoms with van der Waals surface area (Å²) in [5, 5.41) is 0. The molecule has 0 atom stereocenters. The first-order valence-corrected chi connectivity index (χ1v) is 8.19. The molecule has 4 heteroatoms. The van der Waals surface area contributed by atoms with Crippen molar-refractivity contribution in [1.29, 1.82) is 0 Å². The predicted octanol–water partition coefficient (Wildman–Crippen LogP) is 3.43. The molecule has 0 radical (unpaired) electrons. The van der Waals surface area contributed by atoms with Gasteiger partial charge in [-0.2, -0.15) is 0 Å². The van der Waals surface area contributed by atoms with Gasteiger partial charge in [0.05, 0.1) is 26.7 Å². The van der Waals surface area contributed by atoms with Gasteiger partial charge < -0.3 is 9.47 Å². The largest absolute Gasteiger partial charge is 0.361 e. The number of ether oxygens (including phenoxy) is 2. The zero-order valence-electron chi connectivity index (χ0n) is 15.2. The molecule has 4 nitrogen and oxygen atoms in total. The van der Waals surface area contributed by atoms with Crippen LogP contribution in [0.4, 0.5) is 0 Å². The van der Waals surface area contributed by atoms with Crippen LogP contribution < -0.4 is 0 Å². The minimum Gasteiger partial charge on any atom is -0.361 e. The van der Waals surface area contributed by atoms with E-state index in [1.54, 1.807) is 0 Å². The Labute approximate surface area is 145 Å². The summed E-state index contributed by atoms with van der Waals surface area (Å²) in [5.74, 6) is 0. The smallest absolute Gasteiger partial charge is 0.0989 e. The summed E-state index contributed by atoms with van der Waals surface area (Å²) >= 11 is 0. The number of hydrogen-bond donors (Lipinski definition) is 0. The quantitative estimate of drug-likeness (QED) is 0.659. The molecule has 2 aromatic rings. The van der Waals surface area contributed by atoms with Crippen molar-refractivity contribution in [2.45, 2.75) is 13.2 Å². The van der Waals surface area contributed by atoms with E-state index in [1.807, 2.05) is 38.0 Å². The van der Waals surface area contributed by atoms with Crippen LogP contribution in [0.3, 0.4) is 0 Å². The summed E-state index contributed by atoms with van der Waals surface area (Å²) in [5.41, 5.74) is 4.81. The molecule has 24 heavy (non-hydrogen) atoms. The SMILES string of the molecule is CN(C)COCc1ccccc1-c1ccccc1COCN(C)C. The molecule has 0 aliphatic rings. The molecule has 2 aromatic carbocycles. The van der Waals surface area contributed by atoms with Crippen LogP contribution in [0.1, 0.15) is 11.1 Å². The lowest BCUT2D eigenvalue weighted by Gasteiger charge is -2.16. The highest BCUT2D eigenvalue weighted by Crippen LogP contribution is 2.28. The van der Waals surface area contributed by atoms with Gasteiger partial charge in [0.15, 0.2) is 0 Å². The van der Waals surface area contributed by atoms with Crippen LogP contribution in [-0.2, 0) is 22.7 Å². The Kier molecular flexibility index (Phi) is 7.40. The van der Waals surface area contributed by atoms with Crippen LogP contribution in [0.5, 0.6) is 0 Å². The second-order valence-corrected chi connectivity index (χ2v) is 6.43. The molecule has 0 unspecified atom stereocenters. The van der Waals surface area contributed by atoms with Gasteiger partial charge in [-0.1, -0.05) is 48.5 Å². The molecule has 0 aliphatic carbocycles. The lowest BCUT2D eigenvalue weighted by Crippen LogP contribution is -2.16. The van der Waals surface area contributed by atoms with Gasteiger partial charge in [0.1, 0.15) is 0 Å². The molecule has 0 aliphatic heterocycles. The summed E-state index contributed by atoms with van der Waals surface area (Å²) in [6.45, 7) is 2.42. The third-order valence-corrected chi connectivity index (χ3v) is 3.54. The fourth-order valence-corrected chi connectivity index (χ4v) is 2.49. The third kappa shape index (κ3) is 5.73.